The maximum absolute atomic E-state index is 6.37. The van der Waals surface area contributed by atoms with Crippen LogP contribution in [0.25, 0.3) is 0 Å². The van der Waals surface area contributed by atoms with Crippen molar-refractivity contribution in [3.8, 4) is 0 Å². The van der Waals surface area contributed by atoms with Crippen molar-refractivity contribution in [1.82, 2.24) is 0 Å². The summed E-state index contributed by atoms with van der Waals surface area (Å²) >= 11 is 0. The van der Waals surface area contributed by atoms with Crippen molar-refractivity contribution < 1.29 is 28.4 Å². The van der Waals surface area contributed by atoms with Gasteiger partial charge in [-0.1, -0.05) is 73.8 Å². The molecule has 0 aromatic rings. The lowest BCUT2D eigenvalue weighted by atomic mass is 9.91. The van der Waals surface area contributed by atoms with E-state index in [2.05, 4.69) is 48.1 Å². The predicted octanol–water partition coefficient (Wildman–Crippen LogP) is 7.84. The number of unbranched alkanes of at least 4 members (excludes halogenated alkanes) is 4. The van der Waals surface area contributed by atoms with E-state index in [0.717, 1.165) is 82.6 Å². The van der Waals surface area contributed by atoms with E-state index < -0.39 is 11.6 Å². The molecule has 0 radical (unpaired) electrons. The first kappa shape index (κ1) is 33.7. The molecule has 0 unspecified atom stereocenters. The van der Waals surface area contributed by atoms with Gasteiger partial charge >= 0.3 is 0 Å². The molecule has 6 nitrogen and oxygen atoms in total. The second-order valence-corrected chi connectivity index (χ2v) is 12.7. The Hall–Kier alpha value is -0.500. The molecule has 2 fully saturated rings. The number of hydrogen-bond donors (Lipinski definition) is 0. The zero-order valence-corrected chi connectivity index (χ0v) is 25.8. The topological polar surface area (TPSA) is 55.4 Å². The van der Waals surface area contributed by atoms with Crippen LogP contribution in [0.5, 0.6) is 0 Å². The van der Waals surface area contributed by atoms with Crippen LogP contribution in [-0.2, 0) is 28.4 Å². The lowest BCUT2D eigenvalue weighted by Crippen LogP contribution is -2.50. The van der Waals surface area contributed by atoms with Gasteiger partial charge in [0.2, 0.25) is 0 Å². The van der Waals surface area contributed by atoms with E-state index in [9.17, 15) is 0 Å². The van der Waals surface area contributed by atoms with Crippen LogP contribution >= 0.6 is 0 Å². The largest absolute Gasteiger partial charge is 0.376 e. The van der Waals surface area contributed by atoms with E-state index in [1.807, 2.05) is 0 Å². The van der Waals surface area contributed by atoms with Gasteiger partial charge in [-0.25, -0.2) is 0 Å². The van der Waals surface area contributed by atoms with Gasteiger partial charge in [0, 0.05) is 36.5 Å². The van der Waals surface area contributed by atoms with E-state index >= 15 is 0 Å². The summed E-state index contributed by atoms with van der Waals surface area (Å²) in [5.74, 6) is -0.811. The molecule has 0 aromatic carbocycles. The molecular formula is C32H60O6. The van der Waals surface area contributed by atoms with Crippen LogP contribution in [-0.4, -0.2) is 64.4 Å². The summed E-state index contributed by atoms with van der Waals surface area (Å²) in [5, 5.41) is 0. The zero-order chi connectivity index (χ0) is 28.0. The van der Waals surface area contributed by atoms with Gasteiger partial charge in [-0.15, -0.1) is 0 Å². The molecule has 0 N–H and O–H groups in total. The minimum Gasteiger partial charge on any atom is -0.376 e. The fraction of sp³-hybridized carbons (Fsp3) is 0.938. The number of hydrogen-bond acceptors (Lipinski definition) is 6. The van der Waals surface area contributed by atoms with Crippen LogP contribution in [0.1, 0.15) is 119 Å². The van der Waals surface area contributed by atoms with Crippen molar-refractivity contribution in [3.05, 3.63) is 12.2 Å². The molecule has 0 bridgehead atoms. The predicted molar refractivity (Wildman–Crippen MR) is 154 cm³/mol. The van der Waals surface area contributed by atoms with Crippen LogP contribution < -0.4 is 0 Å². The van der Waals surface area contributed by atoms with Gasteiger partial charge in [-0.2, -0.15) is 0 Å². The van der Waals surface area contributed by atoms with Gasteiger partial charge in [0.15, 0.2) is 11.6 Å². The van der Waals surface area contributed by atoms with Crippen LogP contribution in [0.2, 0.25) is 0 Å². The second kappa shape index (κ2) is 16.7. The van der Waals surface area contributed by atoms with Crippen molar-refractivity contribution >= 4 is 0 Å². The monoisotopic (exact) mass is 540 g/mol. The molecule has 2 rings (SSSR count). The molecule has 38 heavy (non-hydrogen) atoms. The Labute approximate surface area is 234 Å². The third-order valence-electron chi connectivity index (χ3n) is 7.89. The van der Waals surface area contributed by atoms with Crippen LogP contribution in [0.15, 0.2) is 12.2 Å². The Morgan fingerprint density at radius 1 is 0.579 bits per heavy atom. The first-order chi connectivity index (χ1) is 18.2. The molecule has 224 valence electrons. The average Bonchev–Trinajstić information content (AvgIpc) is 2.91. The quantitative estimate of drug-likeness (QED) is 0.147. The summed E-state index contributed by atoms with van der Waals surface area (Å²) in [6.07, 6.45) is 13.0. The normalized spacial score (nSPS) is 21.8. The molecule has 0 amide bonds. The first-order valence-electron chi connectivity index (χ1n) is 15.6. The summed E-state index contributed by atoms with van der Waals surface area (Å²) in [6.45, 7) is 22.2. The van der Waals surface area contributed by atoms with Crippen molar-refractivity contribution in [2.75, 3.05) is 52.9 Å². The third-order valence-corrected chi connectivity index (χ3v) is 7.89. The molecule has 2 heterocycles. The second-order valence-electron chi connectivity index (χ2n) is 12.7. The van der Waals surface area contributed by atoms with Crippen LogP contribution in [0, 0.1) is 10.8 Å². The van der Waals surface area contributed by atoms with Crippen molar-refractivity contribution in [3.63, 3.8) is 0 Å². The maximum atomic E-state index is 6.37. The highest BCUT2D eigenvalue weighted by atomic mass is 16.7. The van der Waals surface area contributed by atoms with Gasteiger partial charge in [-0.05, 0) is 31.3 Å². The summed E-state index contributed by atoms with van der Waals surface area (Å²) in [5.41, 5.74) is 0.651. The molecule has 2 saturated heterocycles. The fourth-order valence-electron chi connectivity index (χ4n) is 5.09. The van der Waals surface area contributed by atoms with Gasteiger partial charge in [0.1, 0.15) is 0 Å². The van der Waals surface area contributed by atoms with Crippen LogP contribution in [0.3, 0.4) is 0 Å². The molecule has 0 aliphatic carbocycles. The molecule has 2 aliphatic heterocycles. The SMILES string of the molecule is C=C(COCC1(C)COC(CCCC)(CCCC)OC1)COCC1(C)COC(CCCC)(CCCC)OC1. The lowest BCUT2D eigenvalue weighted by Gasteiger charge is -2.45. The summed E-state index contributed by atoms with van der Waals surface area (Å²) in [4.78, 5) is 0. The number of ether oxygens (including phenoxy) is 6. The molecule has 0 aromatic heterocycles. The van der Waals surface area contributed by atoms with Gasteiger partial charge in [0.25, 0.3) is 0 Å². The third kappa shape index (κ3) is 11.2. The highest BCUT2D eigenvalue weighted by Crippen LogP contribution is 2.38. The van der Waals surface area contributed by atoms with E-state index in [1.54, 1.807) is 0 Å². The van der Waals surface area contributed by atoms with Crippen molar-refractivity contribution in [2.45, 2.75) is 130 Å². The molecule has 2 aliphatic rings. The smallest absolute Gasteiger partial charge is 0.168 e. The van der Waals surface area contributed by atoms with E-state index in [0.29, 0.717) is 52.9 Å². The van der Waals surface area contributed by atoms with Crippen molar-refractivity contribution in [1.29, 1.82) is 0 Å². The highest BCUT2D eigenvalue weighted by Gasteiger charge is 2.43. The molecule has 0 atom stereocenters. The maximum Gasteiger partial charge on any atom is 0.168 e. The Bertz CT molecular complexity index is 572. The molecular weight excluding hydrogens is 480 g/mol. The Balaban J connectivity index is 1.68. The van der Waals surface area contributed by atoms with Gasteiger partial charge in [0.05, 0.1) is 52.9 Å². The Morgan fingerprint density at radius 3 is 1.13 bits per heavy atom. The minimum atomic E-state index is -0.405. The minimum absolute atomic E-state index is 0.143. The Kier molecular flexibility index (Phi) is 14.8. The number of rotatable bonds is 20. The molecule has 6 heteroatoms. The highest BCUT2D eigenvalue weighted by molar-refractivity contribution is 4.95. The van der Waals surface area contributed by atoms with Crippen molar-refractivity contribution in [2.24, 2.45) is 10.8 Å². The lowest BCUT2D eigenvalue weighted by molar-refractivity contribution is -0.313. The summed E-state index contributed by atoms with van der Waals surface area (Å²) in [7, 11) is 0. The van der Waals surface area contributed by atoms with E-state index in [1.165, 1.54) is 0 Å². The summed E-state index contributed by atoms with van der Waals surface area (Å²) < 4.78 is 37.6. The summed E-state index contributed by atoms with van der Waals surface area (Å²) in [6, 6.07) is 0. The standard InChI is InChI=1S/C32H60O6/c1-8-12-16-31(17-13-9-2)35-24-29(6,25-36-31)22-33-20-28(5)21-34-23-30(7)26-37-32(38-27-30,18-14-10-3)19-15-11-4/h5,8-27H2,1-4,6-7H3. The fourth-order valence-corrected chi connectivity index (χ4v) is 5.09. The van der Waals surface area contributed by atoms with Gasteiger partial charge < -0.3 is 28.4 Å². The van der Waals surface area contributed by atoms with Crippen LogP contribution in [0.4, 0.5) is 0 Å². The zero-order valence-electron chi connectivity index (χ0n) is 25.8. The molecule has 0 saturated carbocycles. The average molecular weight is 541 g/mol. The first-order valence-corrected chi connectivity index (χ1v) is 15.6. The van der Waals surface area contributed by atoms with Gasteiger partial charge in [-0.3, -0.25) is 0 Å². The van der Waals surface area contributed by atoms with E-state index in [4.69, 9.17) is 28.4 Å². The van der Waals surface area contributed by atoms with E-state index in [-0.39, 0.29) is 10.8 Å². The Morgan fingerprint density at radius 2 is 0.868 bits per heavy atom. The molecule has 0 spiro atoms.